The third-order valence-electron chi connectivity index (χ3n) is 11.5. The first kappa shape index (κ1) is 30.2. The molecule has 0 bridgehead atoms. The Bertz CT molecular complexity index is 830. The normalized spacial score (nSPS) is 52.2. The minimum atomic E-state index is -1.83. The van der Waals surface area contributed by atoms with E-state index in [9.17, 15) is 35.4 Å². The number of carbonyl (C=O) groups is 1. The number of carboxylic acids is 1. The van der Waals surface area contributed by atoms with Gasteiger partial charge in [0.05, 0.1) is 24.8 Å². The summed E-state index contributed by atoms with van der Waals surface area (Å²) >= 11 is 0. The molecule has 5 fully saturated rings. The van der Waals surface area contributed by atoms with Gasteiger partial charge in [-0.2, -0.15) is 0 Å². The van der Waals surface area contributed by atoms with Crippen LogP contribution in [0, 0.1) is 40.4 Å². The Morgan fingerprint density at radius 1 is 0.946 bits per heavy atom. The zero-order valence-electron chi connectivity index (χ0n) is 22.4. The van der Waals surface area contributed by atoms with Gasteiger partial charge in [-0.25, -0.2) is 0 Å². The van der Waals surface area contributed by atoms with Gasteiger partial charge in [-0.15, -0.1) is 0 Å². The van der Waals surface area contributed by atoms with Crippen LogP contribution in [0.3, 0.4) is 0 Å². The molecule has 10 heteroatoms. The van der Waals surface area contributed by atoms with E-state index in [-0.39, 0.29) is 59.0 Å². The molecular weight excluding hydrogens is 491 g/mol. The molecule has 0 spiro atoms. The molecule has 1 heterocycles. The van der Waals surface area contributed by atoms with Crippen molar-refractivity contribution < 1.29 is 74.5 Å². The van der Waals surface area contributed by atoms with Gasteiger partial charge in [0.15, 0.2) is 6.29 Å². The fourth-order valence-electron chi connectivity index (χ4n) is 9.48. The third kappa shape index (κ3) is 4.98. The van der Waals surface area contributed by atoms with Crippen LogP contribution in [0.25, 0.3) is 0 Å². The first-order valence-corrected chi connectivity index (χ1v) is 13.9. The Morgan fingerprint density at radius 3 is 2.30 bits per heavy atom. The van der Waals surface area contributed by atoms with E-state index in [1.54, 1.807) is 0 Å². The van der Waals surface area contributed by atoms with Crippen LogP contribution in [-0.4, -0.2) is 81.0 Å². The van der Waals surface area contributed by atoms with Gasteiger partial charge < -0.3 is 44.9 Å². The van der Waals surface area contributed by atoms with Crippen molar-refractivity contribution >= 4 is 5.97 Å². The van der Waals surface area contributed by atoms with Gasteiger partial charge >= 0.3 is 29.6 Å². The number of fused-ring (bicyclic) bond motifs is 5. The molecule has 9 nitrogen and oxygen atoms in total. The number of hydrogen-bond acceptors (Lipinski definition) is 9. The van der Waals surface area contributed by atoms with Gasteiger partial charge in [-0.3, -0.25) is 0 Å². The summed E-state index contributed by atoms with van der Waals surface area (Å²) in [6.45, 7) is 4.42. The van der Waals surface area contributed by atoms with Gasteiger partial charge in [-0.1, -0.05) is 13.8 Å². The molecule has 0 amide bonds. The molecule has 5 rings (SSSR count). The first-order valence-electron chi connectivity index (χ1n) is 13.9. The summed E-state index contributed by atoms with van der Waals surface area (Å²) in [4.78, 5) is 11.4. The standard InChI is InChI=1S/C27H44O9.Na/c1-26-9-7-14(29)11-13(26)3-4-15-16-5-6-18(27(16,2)10-8-17(15)26)19(12-28)35-25-22(32)20(30)21(31)23(36-25)24(33)34;/h13-23,25,28-32H,3-12H2,1-2H3,(H,33,34);/q;+1/p-1/t13-,14-,15?,16?,17?,18+,19+,20-,21-,22+,23-,25+,26-,27-;/m0./s1. The van der Waals surface area contributed by atoms with Crippen molar-refractivity contribution in [2.45, 2.75) is 115 Å². The van der Waals surface area contributed by atoms with Gasteiger partial charge in [0.2, 0.25) is 0 Å². The minimum absolute atomic E-state index is 0. The number of aliphatic hydroxyl groups excluding tert-OH is 5. The summed E-state index contributed by atoms with van der Waals surface area (Å²) in [7, 11) is 0. The Balaban J connectivity index is 0.00000320. The van der Waals surface area contributed by atoms with Crippen LogP contribution in [-0.2, 0) is 14.3 Å². The number of aliphatic carboxylic acids is 1. The molecule has 0 aromatic carbocycles. The Hall–Kier alpha value is 0.190. The molecule has 37 heavy (non-hydrogen) atoms. The van der Waals surface area contributed by atoms with Crippen molar-refractivity contribution in [2.75, 3.05) is 6.61 Å². The van der Waals surface area contributed by atoms with Crippen molar-refractivity contribution in [1.29, 1.82) is 0 Å². The van der Waals surface area contributed by atoms with Gasteiger partial charge in [-0.05, 0) is 98.2 Å². The number of ether oxygens (including phenoxy) is 2. The number of aliphatic hydroxyl groups is 5. The van der Waals surface area contributed by atoms with Gasteiger partial charge in [0.1, 0.15) is 24.4 Å². The van der Waals surface area contributed by atoms with E-state index in [1.807, 2.05) is 0 Å². The second kappa shape index (κ2) is 11.2. The van der Waals surface area contributed by atoms with E-state index >= 15 is 0 Å². The van der Waals surface area contributed by atoms with Crippen LogP contribution in [0.4, 0.5) is 0 Å². The average molecular weight is 535 g/mol. The Kier molecular flexibility index (Phi) is 9.15. The largest absolute Gasteiger partial charge is 1.00 e. The van der Waals surface area contributed by atoms with E-state index in [2.05, 4.69) is 13.8 Å². The van der Waals surface area contributed by atoms with Crippen molar-refractivity contribution in [3.63, 3.8) is 0 Å². The molecule has 0 aromatic heterocycles. The molecule has 3 unspecified atom stereocenters. The SMILES string of the molecule is C[C@]12CCC3C(CC[C@H]4C[C@@H](O)CC[C@]34C)C1CC[C@@H]2[C@@H](CO)O[C@@H]1O[C@H](C(=O)[O-])[C@@H](O)[C@H](O)[C@H]1O.[Na+]. The zero-order valence-corrected chi connectivity index (χ0v) is 24.4. The van der Waals surface area contributed by atoms with Crippen LogP contribution < -0.4 is 34.7 Å². The van der Waals surface area contributed by atoms with E-state index in [0.29, 0.717) is 23.7 Å². The molecule has 5 N–H and O–H groups in total. The van der Waals surface area contributed by atoms with Crippen LogP contribution in [0.15, 0.2) is 0 Å². The van der Waals surface area contributed by atoms with Crippen LogP contribution in [0.2, 0.25) is 0 Å². The van der Waals surface area contributed by atoms with Crippen molar-refractivity contribution in [1.82, 2.24) is 0 Å². The summed E-state index contributed by atoms with van der Waals surface area (Å²) in [5, 5.41) is 62.5. The minimum Gasteiger partial charge on any atom is -0.547 e. The fraction of sp³-hybridized carbons (Fsp3) is 0.963. The molecule has 1 aliphatic heterocycles. The van der Waals surface area contributed by atoms with Crippen molar-refractivity contribution in [3.05, 3.63) is 0 Å². The van der Waals surface area contributed by atoms with E-state index in [1.165, 1.54) is 0 Å². The summed E-state index contributed by atoms with van der Waals surface area (Å²) in [6, 6.07) is 0. The molecule has 4 aliphatic carbocycles. The van der Waals surface area contributed by atoms with Crippen molar-refractivity contribution in [2.24, 2.45) is 40.4 Å². The topological polar surface area (TPSA) is 160 Å². The molecule has 14 atom stereocenters. The smallest absolute Gasteiger partial charge is 0.547 e. The fourth-order valence-corrected chi connectivity index (χ4v) is 9.48. The molecule has 1 saturated heterocycles. The van der Waals surface area contributed by atoms with Crippen LogP contribution >= 0.6 is 0 Å². The number of hydrogen-bond donors (Lipinski definition) is 5. The molecule has 206 valence electrons. The molecule has 0 aromatic rings. The predicted octanol–water partition coefficient (Wildman–Crippen LogP) is -3.05. The Labute approximate surface area is 241 Å². The van der Waals surface area contributed by atoms with Crippen molar-refractivity contribution in [3.8, 4) is 0 Å². The summed E-state index contributed by atoms with van der Waals surface area (Å²) in [5.41, 5.74) is 0.197. The first-order chi connectivity index (χ1) is 17.0. The second-order valence-corrected chi connectivity index (χ2v) is 12.9. The molecule has 0 radical (unpaired) electrons. The maximum Gasteiger partial charge on any atom is 1.00 e. The number of carbonyl (C=O) groups excluding carboxylic acids is 1. The van der Waals surface area contributed by atoms with E-state index < -0.39 is 42.8 Å². The summed E-state index contributed by atoms with van der Waals surface area (Å²) < 4.78 is 11.3. The number of carboxylic acid groups (broad SMARTS) is 1. The predicted molar refractivity (Wildman–Crippen MR) is 125 cm³/mol. The maximum absolute atomic E-state index is 11.4. The quantitative estimate of drug-likeness (QED) is 0.231. The molecule has 5 aliphatic rings. The number of rotatable bonds is 5. The zero-order chi connectivity index (χ0) is 26.0. The van der Waals surface area contributed by atoms with E-state index in [4.69, 9.17) is 9.47 Å². The summed E-state index contributed by atoms with van der Waals surface area (Å²) in [5.74, 6) is 0.602. The van der Waals surface area contributed by atoms with Gasteiger partial charge in [0.25, 0.3) is 0 Å². The average Bonchev–Trinajstić information content (AvgIpc) is 3.19. The Morgan fingerprint density at radius 2 is 1.62 bits per heavy atom. The third-order valence-corrected chi connectivity index (χ3v) is 11.5. The monoisotopic (exact) mass is 534 g/mol. The van der Waals surface area contributed by atoms with E-state index in [0.717, 1.165) is 57.8 Å². The second-order valence-electron chi connectivity index (χ2n) is 12.9. The maximum atomic E-state index is 11.4. The van der Waals surface area contributed by atoms with Crippen LogP contribution in [0.5, 0.6) is 0 Å². The molecule has 4 saturated carbocycles. The summed E-state index contributed by atoms with van der Waals surface area (Å²) in [6.07, 6.45) is -0.242. The van der Waals surface area contributed by atoms with Gasteiger partial charge in [0, 0.05) is 0 Å². The molecular formula is C27H43NaO9. The van der Waals surface area contributed by atoms with Crippen LogP contribution in [0.1, 0.15) is 71.6 Å².